The van der Waals surface area contributed by atoms with E-state index in [0.717, 1.165) is 0 Å². The molecule has 0 atom stereocenters. The first-order valence-corrected chi connectivity index (χ1v) is 9.22. The molecule has 0 aromatic rings. The standard InChI is InChI=1S/C9H20O6S3/c1-9(2,4-5-16)8-15-18(13,14)7-3-6-17(10,11)12/h16H,3-8H2,1-2H3,(H,10,11,12). The van der Waals surface area contributed by atoms with Gasteiger partial charge in [-0.05, 0) is 24.0 Å². The van der Waals surface area contributed by atoms with Crippen molar-refractivity contribution in [3.05, 3.63) is 0 Å². The lowest BCUT2D eigenvalue weighted by molar-refractivity contribution is 0.182. The van der Waals surface area contributed by atoms with Gasteiger partial charge in [0, 0.05) is 0 Å². The molecule has 6 nitrogen and oxygen atoms in total. The normalized spacial score (nSPS) is 13.8. The summed E-state index contributed by atoms with van der Waals surface area (Å²) in [4.78, 5) is 0. The summed E-state index contributed by atoms with van der Waals surface area (Å²) in [5, 5.41) is 0. The number of hydrogen-bond acceptors (Lipinski definition) is 6. The maximum Gasteiger partial charge on any atom is 0.267 e. The number of thiol groups is 1. The highest BCUT2D eigenvalue weighted by atomic mass is 32.2. The van der Waals surface area contributed by atoms with Gasteiger partial charge in [-0.3, -0.25) is 8.74 Å². The topological polar surface area (TPSA) is 97.7 Å². The summed E-state index contributed by atoms with van der Waals surface area (Å²) in [6.45, 7) is 3.75. The van der Waals surface area contributed by atoms with Gasteiger partial charge in [0.1, 0.15) is 0 Å². The summed E-state index contributed by atoms with van der Waals surface area (Å²) in [5.41, 5.74) is -0.308. The Balaban J connectivity index is 4.17. The summed E-state index contributed by atoms with van der Waals surface area (Å²) in [7, 11) is -7.88. The molecule has 0 bridgehead atoms. The maximum atomic E-state index is 11.4. The predicted octanol–water partition coefficient (Wildman–Crippen LogP) is 0.957. The fraction of sp³-hybridized carbons (Fsp3) is 1.00. The summed E-state index contributed by atoms with van der Waals surface area (Å²) < 4.78 is 57.1. The molecule has 0 aliphatic carbocycles. The van der Waals surface area contributed by atoms with E-state index in [4.69, 9.17) is 8.74 Å². The van der Waals surface area contributed by atoms with Gasteiger partial charge in [-0.1, -0.05) is 13.8 Å². The molecule has 0 rings (SSSR count). The molecule has 1 N–H and O–H groups in total. The lowest BCUT2D eigenvalue weighted by Gasteiger charge is -2.22. The molecular formula is C9H20O6S3. The van der Waals surface area contributed by atoms with E-state index < -0.39 is 31.7 Å². The quantitative estimate of drug-likeness (QED) is 0.373. The van der Waals surface area contributed by atoms with Gasteiger partial charge >= 0.3 is 0 Å². The average Bonchev–Trinajstić information content (AvgIpc) is 2.13. The minimum atomic E-state index is -4.13. The highest BCUT2D eigenvalue weighted by molar-refractivity contribution is 7.87. The van der Waals surface area contributed by atoms with Gasteiger partial charge in [0.25, 0.3) is 20.2 Å². The molecule has 18 heavy (non-hydrogen) atoms. The Labute approximate surface area is 114 Å². The first kappa shape index (κ1) is 18.2. The molecule has 0 amide bonds. The van der Waals surface area contributed by atoms with Crippen molar-refractivity contribution >= 4 is 32.9 Å². The lowest BCUT2D eigenvalue weighted by atomic mass is 9.92. The molecule has 0 saturated carbocycles. The van der Waals surface area contributed by atoms with E-state index in [1.165, 1.54) is 0 Å². The zero-order chi connectivity index (χ0) is 14.4. The van der Waals surface area contributed by atoms with Crippen LogP contribution in [0.4, 0.5) is 0 Å². The van der Waals surface area contributed by atoms with Crippen LogP contribution in [0.3, 0.4) is 0 Å². The van der Waals surface area contributed by atoms with Crippen LogP contribution in [-0.4, -0.2) is 45.3 Å². The summed E-state index contributed by atoms with van der Waals surface area (Å²) in [5.74, 6) is -0.390. The third kappa shape index (κ3) is 10.1. The molecule has 110 valence electrons. The largest absolute Gasteiger partial charge is 0.286 e. The molecule has 0 heterocycles. The second-order valence-electron chi connectivity index (χ2n) is 4.80. The fourth-order valence-electron chi connectivity index (χ4n) is 1.10. The second-order valence-corrected chi connectivity index (χ2v) is 8.58. The average molecular weight is 320 g/mol. The highest BCUT2D eigenvalue weighted by Gasteiger charge is 2.22. The minimum absolute atomic E-state index is 0.0295. The Kier molecular flexibility index (Phi) is 7.15. The molecule has 0 fully saturated rings. The van der Waals surface area contributed by atoms with Crippen LogP contribution in [-0.2, 0) is 24.4 Å². The Morgan fingerprint density at radius 3 is 2.17 bits per heavy atom. The van der Waals surface area contributed by atoms with Crippen molar-refractivity contribution in [3.63, 3.8) is 0 Å². The van der Waals surface area contributed by atoms with Crippen LogP contribution < -0.4 is 0 Å². The zero-order valence-electron chi connectivity index (χ0n) is 10.5. The van der Waals surface area contributed by atoms with Crippen LogP contribution in [0, 0.1) is 5.41 Å². The van der Waals surface area contributed by atoms with Crippen molar-refractivity contribution in [3.8, 4) is 0 Å². The van der Waals surface area contributed by atoms with Crippen LogP contribution in [0.15, 0.2) is 0 Å². The minimum Gasteiger partial charge on any atom is -0.286 e. The van der Waals surface area contributed by atoms with Gasteiger partial charge in [0.05, 0.1) is 18.1 Å². The van der Waals surface area contributed by atoms with Gasteiger partial charge in [-0.25, -0.2) is 0 Å². The first-order chi connectivity index (χ1) is 7.97. The van der Waals surface area contributed by atoms with Crippen LogP contribution >= 0.6 is 12.6 Å². The van der Waals surface area contributed by atoms with Crippen LogP contribution in [0.1, 0.15) is 26.7 Å². The zero-order valence-corrected chi connectivity index (χ0v) is 13.0. The Morgan fingerprint density at radius 1 is 1.17 bits per heavy atom. The van der Waals surface area contributed by atoms with E-state index >= 15 is 0 Å². The third-order valence-corrected chi connectivity index (χ3v) is 4.51. The Morgan fingerprint density at radius 2 is 1.72 bits per heavy atom. The monoisotopic (exact) mass is 320 g/mol. The molecular weight excluding hydrogens is 300 g/mol. The van der Waals surface area contributed by atoms with Crippen molar-refractivity contribution < 1.29 is 25.6 Å². The first-order valence-electron chi connectivity index (χ1n) is 5.41. The van der Waals surface area contributed by atoms with Gasteiger partial charge in [-0.2, -0.15) is 29.5 Å². The van der Waals surface area contributed by atoms with Crippen molar-refractivity contribution in [2.45, 2.75) is 26.7 Å². The predicted molar refractivity (Wildman–Crippen MR) is 73.0 cm³/mol. The maximum absolute atomic E-state index is 11.4. The van der Waals surface area contributed by atoms with Crippen molar-refractivity contribution in [2.75, 3.05) is 23.9 Å². The summed E-state index contributed by atoms with van der Waals surface area (Å²) in [6, 6.07) is 0. The lowest BCUT2D eigenvalue weighted by Crippen LogP contribution is -2.24. The number of hydrogen-bond donors (Lipinski definition) is 2. The van der Waals surface area contributed by atoms with E-state index in [1.807, 2.05) is 13.8 Å². The van der Waals surface area contributed by atoms with E-state index in [-0.39, 0.29) is 18.4 Å². The fourth-order valence-corrected chi connectivity index (χ4v) is 3.51. The SMILES string of the molecule is CC(C)(CCS)COS(=O)(=O)CCCS(=O)(=O)O. The van der Waals surface area contributed by atoms with Gasteiger partial charge in [-0.15, -0.1) is 0 Å². The molecule has 9 heteroatoms. The van der Waals surface area contributed by atoms with Gasteiger partial charge in [0.2, 0.25) is 0 Å². The van der Waals surface area contributed by atoms with Gasteiger partial charge in [0.15, 0.2) is 0 Å². The molecule has 0 aliphatic rings. The van der Waals surface area contributed by atoms with Crippen LogP contribution in [0.2, 0.25) is 0 Å². The molecule has 0 unspecified atom stereocenters. The van der Waals surface area contributed by atoms with Gasteiger partial charge < -0.3 is 0 Å². The highest BCUT2D eigenvalue weighted by Crippen LogP contribution is 2.22. The van der Waals surface area contributed by atoms with Crippen molar-refractivity contribution in [1.82, 2.24) is 0 Å². The van der Waals surface area contributed by atoms with Crippen LogP contribution in [0.25, 0.3) is 0 Å². The van der Waals surface area contributed by atoms with E-state index in [2.05, 4.69) is 12.6 Å². The van der Waals surface area contributed by atoms with E-state index in [9.17, 15) is 16.8 Å². The Bertz CT molecular complexity index is 437. The summed E-state index contributed by atoms with van der Waals surface area (Å²) in [6.07, 6.45) is 0.519. The Hall–Kier alpha value is 0.170. The molecule has 0 aromatic carbocycles. The summed E-state index contributed by atoms with van der Waals surface area (Å²) >= 11 is 4.07. The van der Waals surface area contributed by atoms with E-state index in [1.54, 1.807) is 0 Å². The third-order valence-electron chi connectivity index (χ3n) is 2.21. The molecule has 0 spiro atoms. The number of rotatable bonds is 9. The second kappa shape index (κ2) is 7.09. The van der Waals surface area contributed by atoms with E-state index in [0.29, 0.717) is 12.2 Å². The van der Waals surface area contributed by atoms with Crippen LogP contribution in [0.5, 0.6) is 0 Å². The van der Waals surface area contributed by atoms with Crippen molar-refractivity contribution in [2.24, 2.45) is 5.41 Å². The molecule has 0 saturated heterocycles. The van der Waals surface area contributed by atoms with Crippen molar-refractivity contribution in [1.29, 1.82) is 0 Å². The smallest absolute Gasteiger partial charge is 0.267 e. The molecule has 0 aliphatic heterocycles. The molecule has 0 radical (unpaired) electrons. The molecule has 0 aromatic heterocycles.